The standard InChI is InChI=1S/C11H15BrClN/c1-3-7(2)11(14)9-5-4-8(12)6-10(9)13/h4-7,11H,3,14H2,1-2H3/t7?,11-/m1/s1. The summed E-state index contributed by atoms with van der Waals surface area (Å²) < 4.78 is 0.989. The Bertz CT molecular complexity index is 314. The molecule has 0 saturated heterocycles. The highest BCUT2D eigenvalue weighted by atomic mass is 79.9. The maximum Gasteiger partial charge on any atom is 0.0465 e. The van der Waals surface area contributed by atoms with Crippen LogP contribution in [-0.2, 0) is 0 Å². The van der Waals surface area contributed by atoms with Gasteiger partial charge < -0.3 is 5.73 Å². The van der Waals surface area contributed by atoms with Crippen LogP contribution in [0.3, 0.4) is 0 Å². The van der Waals surface area contributed by atoms with Crippen LogP contribution >= 0.6 is 27.5 Å². The van der Waals surface area contributed by atoms with E-state index in [9.17, 15) is 0 Å². The summed E-state index contributed by atoms with van der Waals surface area (Å²) >= 11 is 9.49. The molecule has 0 aliphatic heterocycles. The fraction of sp³-hybridized carbons (Fsp3) is 0.455. The van der Waals surface area contributed by atoms with Crippen molar-refractivity contribution in [3.63, 3.8) is 0 Å². The summed E-state index contributed by atoms with van der Waals surface area (Å²) in [6, 6.07) is 5.88. The molecule has 1 aromatic carbocycles. The van der Waals surface area contributed by atoms with Gasteiger partial charge in [0.2, 0.25) is 0 Å². The van der Waals surface area contributed by atoms with Gasteiger partial charge in [0, 0.05) is 15.5 Å². The molecule has 2 atom stereocenters. The van der Waals surface area contributed by atoms with Crippen LogP contribution in [0.25, 0.3) is 0 Å². The van der Waals surface area contributed by atoms with Crippen LogP contribution in [0, 0.1) is 5.92 Å². The first-order chi connectivity index (χ1) is 6.56. The Morgan fingerprint density at radius 1 is 1.50 bits per heavy atom. The Kier molecular flexibility index (Phi) is 4.42. The zero-order valence-corrected chi connectivity index (χ0v) is 10.8. The number of nitrogens with two attached hydrogens (primary N) is 1. The van der Waals surface area contributed by atoms with E-state index in [-0.39, 0.29) is 6.04 Å². The van der Waals surface area contributed by atoms with Gasteiger partial charge in [-0.2, -0.15) is 0 Å². The highest BCUT2D eigenvalue weighted by Gasteiger charge is 2.15. The number of halogens is 2. The molecular weight excluding hydrogens is 261 g/mol. The van der Waals surface area contributed by atoms with Crippen molar-refractivity contribution >= 4 is 27.5 Å². The molecule has 1 aromatic rings. The third-order valence-electron chi connectivity index (χ3n) is 2.58. The Morgan fingerprint density at radius 3 is 2.64 bits per heavy atom. The average molecular weight is 277 g/mol. The molecule has 0 aliphatic carbocycles. The van der Waals surface area contributed by atoms with Crippen molar-refractivity contribution in [3.05, 3.63) is 33.3 Å². The molecule has 0 radical (unpaired) electrons. The fourth-order valence-electron chi connectivity index (χ4n) is 1.33. The van der Waals surface area contributed by atoms with Gasteiger partial charge in [-0.15, -0.1) is 0 Å². The number of hydrogen-bond acceptors (Lipinski definition) is 1. The lowest BCUT2D eigenvalue weighted by molar-refractivity contribution is 0.457. The monoisotopic (exact) mass is 275 g/mol. The van der Waals surface area contributed by atoms with Crippen molar-refractivity contribution < 1.29 is 0 Å². The fourth-order valence-corrected chi connectivity index (χ4v) is 2.13. The van der Waals surface area contributed by atoms with E-state index >= 15 is 0 Å². The largest absolute Gasteiger partial charge is 0.324 e. The molecule has 3 heteroatoms. The zero-order chi connectivity index (χ0) is 10.7. The molecule has 1 nitrogen and oxygen atoms in total. The van der Waals surface area contributed by atoms with E-state index in [0.29, 0.717) is 5.92 Å². The Labute approximate surface area is 98.8 Å². The van der Waals surface area contributed by atoms with Crippen molar-refractivity contribution in [2.75, 3.05) is 0 Å². The van der Waals surface area contributed by atoms with Crippen LogP contribution in [0.5, 0.6) is 0 Å². The molecule has 2 N–H and O–H groups in total. The molecule has 1 rings (SSSR count). The summed E-state index contributed by atoms with van der Waals surface area (Å²) in [5, 5.41) is 0.743. The second-order valence-corrected chi connectivity index (χ2v) is 4.90. The van der Waals surface area contributed by atoms with Crippen LogP contribution < -0.4 is 5.73 Å². The highest BCUT2D eigenvalue weighted by molar-refractivity contribution is 9.10. The first-order valence-corrected chi connectivity index (χ1v) is 5.94. The van der Waals surface area contributed by atoms with Crippen LogP contribution in [0.1, 0.15) is 31.9 Å². The SMILES string of the molecule is CCC(C)[C@@H](N)c1ccc(Br)cc1Cl. The molecule has 0 spiro atoms. The number of benzene rings is 1. The molecule has 0 heterocycles. The van der Waals surface area contributed by atoms with Crippen LogP contribution in [0.2, 0.25) is 5.02 Å². The summed E-state index contributed by atoms with van der Waals surface area (Å²) in [7, 11) is 0. The minimum Gasteiger partial charge on any atom is -0.324 e. The Hall–Kier alpha value is -0.0500. The lowest BCUT2D eigenvalue weighted by Crippen LogP contribution is -2.18. The van der Waals surface area contributed by atoms with Gasteiger partial charge in [0.1, 0.15) is 0 Å². The van der Waals surface area contributed by atoms with Gasteiger partial charge in [-0.05, 0) is 23.6 Å². The molecule has 0 bridgehead atoms. The van der Waals surface area contributed by atoms with Gasteiger partial charge in [0.05, 0.1) is 0 Å². The summed E-state index contributed by atoms with van der Waals surface area (Å²) in [6.45, 7) is 4.28. The van der Waals surface area contributed by atoms with E-state index in [1.807, 2.05) is 18.2 Å². The zero-order valence-electron chi connectivity index (χ0n) is 8.43. The maximum absolute atomic E-state index is 6.12. The molecule has 1 unspecified atom stereocenters. The lowest BCUT2D eigenvalue weighted by Gasteiger charge is -2.19. The second kappa shape index (κ2) is 5.15. The molecule has 0 aromatic heterocycles. The van der Waals surface area contributed by atoms with Crippen molar-refractivity contribution in [1.82, 2.24) is 0 Å². The molecule has 14 heavy (non-hydrogen) atoms. The normalized spacial score (nSPS) is 15.2. The van der Waals surface area contributed by atoms with Gasteiger partial charge in [0.15, 0.2) is 0 Å². The van der Waals surface area contributed by atoms with Gasteiger partial charge in [-0.3, -0.25) is 0 Å². The van der Waals surface area contributed by atoms with E-state index < -0.39 is 0 Å². The Balaban J connectivity index is 2.95. The Morgan fingerprint density at radius 2 is 2.14 bits per heavy atom. The maximum atomic E-state index is 6.12. The first-order valence-electron chi connectivity index (χ1n) is 4.76. The van der Waals surface area contributed by atoms with E-state index in [0.717, 1.165) is 21.5 Å². The topological polar surface area (TPSA) is 26.0 Å². The number of hydrogen-bond donors (Lipinski definition) is 1. The van der Waals surface area contributed by atoms with Crippen LogP contribution in [-0.4, -0.2) is 0 Å². The average Bonchev–Trinajstić information content (AvgIpc) is 2.15. The van der Waals surface area contributed by atoms with Crippen molar-refractivity contribution in [3.8, 4) is 0 Å². The predicted octanol–water partition coefficient (Wildman–Crippen LogP) is 4.15. The summed E-state index contributed by atoms with van der Waals surface area (Å²) in [4.78, 5) is 0. The molecule has 0 amide bonds. The minimum atomic E-state index is 0.0283. The molecule has 0 saturated carbocycles. The van der Waals surface area contributed by atoms with Crippen molar-refractivity contribution in [2.24, 2.45) is 11.7 Å². The lowest BCUT2D eigenvalue weighted by atomic mass is 9.93. The second-order valence-electron chi connectivity index (χ2n) is 3.58. The third kappa shape index (κ3) is 2.72. The van der Waals surface area contributed by atoms with E-state index in [1.165, 1.54) is 0 Å². The predicted molar refractivity (Wildman–Crippen MR) is 65.5 cm³/mol. The number of rotatable bonds is 3. The minimum absolute atomic E-state index is 0.0283. The van der Waals surface area contributed by atoms with Gasteiger partial charge in [0.25, 0.3) is 0 Å². The van der Waals surface area contributed by atoms with E-state index in [1.54, 1.807) is 0 Å². The smallest absolute Gasteiger partial charge is 0.0465 e. The van der Waals surface area contributed by atoms with Crippen molar-refractivity contribution in [2.45, 2.75) is 26.3 Å². The van der Waals surface area contributed by atoms with Crippen molar-refractivity contribution in [1.29, 1.82) is 0 Å². The quantitative estimate of drug-likeness (QED) is 0.882. The summed E-state index contributed by atoms with van der Waals surface area (Å²) in [6.07, 6.45) is 1.06. The summed E-state index contributed by atoms with van der Waals surface area (Å²) in [5.74, 6) is 0.452. The van der Waals surface area contributed by atoms with E-state index in [4.69, 9.17) is 17.3 Å². The highest BCUT2D eigenvalue weighted by Crippen LogP contribution is 2.30. The van der Waals surface area contributed by atoms with Gasteiger partial charge in [-0.25, -0.2) is 0 Å². The van der Waals surface area contributed by atoms with Crippen LogP contribution in [0.15, 0.2) is 22.7 Å². The first kappa shape index (κ1) is 12.0. The molecular formula is C11H15BrClN. The molecule has 0 fully saturated rings. The van der Waals surface area contributed by atoms with Crippen LogP contribution in [0.4, 0.5) is 0 Å². The van der Waals surface area contributed by atoms with Gasteiger partial charge in [-0.1, -0.05) is 53.9 Å². The molecule has 0 aliphatic rings. The van der Waals surface area contributed by atoms with Gasteiger partial charge >= 0.3 is 0 Å². The third-order valence-corrected chi connectivity index (χ3v) is 3.40. The molecule has 78 valence electrons. The van der Waals surface area contributed by atoms with E-state index in [2.05, 4.69) is 29.8 Å². The summed E-state index contributed by atoms with van der Waals surface area (Å²) in [5.41, 5.74) is 7.13.